The van der Waals surface area contributed by atoms with Gasteiger partial charge in [-0.3, -0.25) is 4.79 Å². The molecular weight excluding hydrogens is 250 g/mol. The fraction of sp³-hybridized carbons (Fsp3) is 0.692. The van der Waals surface area contributed by atoms with E-state index in [1.54, 1.807) is 17.0 Å². The third kappa shape index (κ3) is 4.02. The molecule has 0 aliphatic rings. The van der Waals surface area contributed by atoms with Gasteiger partial charge in [0.1, 0.15) is 0 Å². The van der Waals surface area contributed by atoms with Gasteiger partial charge in [0.2, 0.25) is 0 Å². The number of rotatable bonds is 6. The summed E-state index contributed by atoms with van der Waals surface area (Å²) in [4.78, 5) is 16.2. The van der Waals surface area contributed by atoms with Gasteiger partial charge in [-0.15, -0.1) is 11.6 Å². The Hall–Kier alpha value is -1.03. The highest BCUT2D eigenvalue weighted by Gasteiger charge is 2.18. The van der Waals surface area contributed by atoms with Gasteiger partial charge in [-0.2, -0.15) is 0 Å². The molecular formula is C13H22ClN3O. The molecule has 18 heavy (non-hydrogen) atoms. The van der Waals surface area contributed by atoms with E-state index in [1.807, 2.05) is 13.8 Å². The number of nitrogens with zero attached hydrogens (tertiary/aromatic N) is 2. The molecule has 0 unspecified atom stereocenters. The van der Waals surface area contributed by atoms with Gasteiger partial charge < -0.3 is 9.88 Å². The van der Waals surface area contributed by atoms with Gasteiger partial charge in [0.25, 0.3) is 5.56 Å². The number of aromatic nitrogens is 2. The van der Waals surface area contributed by atoms with Crippen molar-refractivity contribution in [2.75, 3.05) is 17.7 Å². The van der Waals surface area contributed by atoms with Crippen molar-refractivity contribution in [2.24, 2.45) is 5.41 Å². The number of hydrogen-bond acceptors (Lipinski definition) is 3. The molecule has 0 fully saturated rings. The summed E-state index contributed by atoms with van der Waals surface area (Å²) in [5, 5.41) is 3.13. The average molecular weight is 272 g/mol. The van der Waals surface area contributed by atoms with Crippen LogP contribution >= 0.6 is 11.6 Å². The van der Waals surface area contributed by atoms with Crippen LogP contribution in [-0.2, 0) is 0 Å². The van der Waals surface area contributed by atoms with Crippen LogP contribution in [0.5, 0.6) is 0 Å². The summed E-state index contributed by atoms with van der Waals surface area (Å²) in [7, 11) is 0. The lowest BCUT2D eigenvalue weighted by molar-refractivity contribution is 0.378. The summed E-state index contributed by atoms with van der Waals surface area (Å²) in [6.45, 7) is 8.87. The van der Waals surface area contributed by atoms with Crippen molar-refractivity contribution < 1.29 is 0 Å². The molecule has 0 radical (unpaired) electrons. The second kappa shape index (κ2) is 6.23. The standard InChI is InChI=1S/C13H22ClN3O/c1-10(2)17-8-7-15-11(12(17)18)16-9-13(3,4)5-6-14/h7-8,10H,5-6,9H2,1-4H3,(H,15,16). The fourth-order valence-corrected chi connectivity index (χ4v) is 2.13. The van der Waals surface area contributed by atoms with E-state index in [0.717, 1.165) is 6.42 Å². The van der Waals surface area contributed by atoms with Gasteiger partial charge in [-0.05, 0) is 25.7 Å². The summed E-state index contributed by atoms with van der Waals surface area (Å²) >= 11 is 5.76. The normalized spacial score (nSPS) is 11.9. The maximum absolute atomic E-state index is 12.1. The maximum atomic E-state index is 12.1. The summed E-state index contributed by atoms with van der Waals surface area (Å²) in [6.07, 6.45) is 4.26. The highest BCUT2D eigenvalue weighted by atomic mass is 35.5. The Labute approximate surface area is 113 Å². The van der Waals surface area contributed by atoms with Gasteiger partial charge >= 0.3 is 0 Å². The second-order valence-electron chi connectivity index (χ2n) is 5.54. The lowest BCUT2D eigenvalue weighted by atomic mass is 9.90. The molecule has 0 aromatic carbocycles. The third-order valence-corrected chi connectivity index (χ3v) is 3.12. The molecule has 1 rings (SSSR count). The molecule has 102 valence electrons. The first-order valence-electron chi connectivity index (χ1n) is 6.24. The molecule has 0 saturated carbocycles. The number of nitrogens with one attached hydrogen (secondary N) is 1. The van der Waals surface area contributed by atoms with Crippen molar-refractivity contribution in [2.45, 2.75) is 40.2 Å². The molecule has 0 atom stereocenters. The Morgan fingerprint density at radius 2 is 2.17 bits per heavy atom. The first-order chi connectivity index (χ1) is 8.37. The van der Waals surface area contributed by atoms with Crippen molar-refractivity contribution in [3.05, 3.63) is 22.7 Å². The van der Waals surface area contributed by atoms with Crippen LogP contribution in [0.15, 0.2) is 17.2 Å². The number of alkyl halides is 1. The third-order valence-electron chi connectivity index (χ3n) is 2.93. The number of halogens is 1. The molecule has 1 aromatic heterocycles. The van der Waals surface area contributed by atoms with Crippen molar-refractivity contribution in [3.8, 4) is 0 Å². The van der Waals surface area contributed by atoms with Crippen LogP contribution in [0.3, 0.4) is 0 Å². The van der Waals surface area contributed by atoms with Crippen LogP contribution in [0.25, 0.3) is 0 Å². The smallest absolute Gasteiger partial charge is 0.293 e. The van der Waals surface area contributed by atoms with Crippen LogP contribution in [0.4, 0.5) is 5.82 Å². The molecule has 1 aromatic rings. The van der Waals surface area contributed by atoms with Crippen molar-refractivity contribution in [3.63, 3.8) is 0 Å². The van der Waals surface area contributed by atoms with Gasteiger partial charge in [-0.25, -0.2) is 4.98 Å². The minimum atomic E-state index is -0.0748. The Balaban J connectivity index is 2.80. The average Bonchev–Trinajstić information content (AvgIpc) is 2.27. The number of hydrogen-bond donors (Lipinski definition) is 1. The summed E-state index contributed by atoms with van der Waals surface area (Å²) < 4.78 is 1.67. The minimum absolute atomic E-state index is 0.0500. The van der Waals surface area contributed by atoms with Crippen LogP contribution in [0.2, 0.25) is 0 Å². The van der Waals surface area contributed by atoms with Gasteiger partial charge in [0, 0.05) is 30.9 Å². The topological polar surface area (TPSA) is 46.9 Å². The first-order valence-corrected chi connectivity index (χ1v) is 6.78. The van der Waals surface area contributed by atoms with E-state index < -0.39 is 0 Å². The summed E-state index contributed by atoms with van der Waals surface area (Å²) in [5.41, 5.74) is -0.0249. The predicted octanol–water partition coefficient (Wildman–Crippen LogP) is 2.89. The zero-order valence-electron chi connectivity index (χ0n) is 11.5. The van der Waals surface area contributed by atoms with Crippen molar-refractivity contribution in [1.29, 1.82) is 0 Å². The SMILES string of the molecule is CC(C)n1ccnc(NCC(C)(C)CCCl)c1=O. The van der Waals surface area contributed by atoms with Gasteiger partial charge in [0.15, 0.2) is 5.82 Å². The monoisotopic (exact) mass is 271 g/mol. The van der Waals surface area contributed by atoms with E-state index in [4.69, 9.17) is 11.6 Å². The molecule has 0 aliphatic heterocycles. The fourth-order valence-electron chi connectivity index (χ4n) is 1.62. The molecule has 4 nitrogen and oxygen atoms in total. The van der Waals surface area contributed by atoms with E-state index >= 15 is 0 Å². The maximum Gasteiger partial charge on any atom is 0.293 e. The Morgan fingerprint density at radius 3 is 2.72 bits per heavy atom. The van der Waals surface area contributed by atoms with Crippen molar-refractivity contribution >= 4 is 17.4 Å². The van der Waals surface area contributed by atoms with E-state index in [9.17, 15) is 4.79 Å². The Morgan fingerprint density at radius 1 is 1.50 bits per heavy atom. The molecule has 0 amide bonds. The lowest BCUT2D eigenvalue weighted by Gasteiger charge is -2.24. The van der Waals surface area contributed by atoms with E-state index in [1.165, 1.54) is 0 Å². The molecule has 0 bridgehead atoms. The van der Waals surface area contributed by atoms with Crippen LogP contribution in [0.1, 0.15) is 40.2 Å². The minimum Gasteiger partial charge on any atom is -0.365 e. The molecule has 0 aliphatic carbocycles. The van der Waals surface area contributed by atoms with Crippen molar-refractivity contribution in [1.82, 2.24) is 9.55 Å². The zero-order chi connectivity index (χ0) is 13.8. The largest absolute Gasteiger partial charge is 0.365 e. The first kappa shape index (κ1) is 15.0. The zero-order valence-corrected chi connectivity index (χ0v) is 12.3. The highest BCUT2D eigenvalue weighted by molar-refractivity contribution is 6.17. The lowest BCUT2D eigenvalue weighted by Crippen LogP contribution is -2.30. The molecule has 0 spiro atoms. The van der Waals surface area contributed by atoms with Crippen LogP contribution in [-0.4, -0.2) is 22.0 Å². The van der Waals surface area contributed by atoms with E-state index in [-0.39, 0.29) is 17.0 Å². The second-order valence-corrected chi connectivity index (χ2v) is 5.92. The summed E-state index contributed by atoms with van der Waals surface area (Å²) in [5.74, 6) is 1.03. The highest BCUT2D eigenvalue weighted by Crippen LogP contribution is 2.20. The van der Waals surface area contributed by atoms with E-state index in [0.29, 0.717) is 18.2 Å². The quantitative estimate of drug-likeness (QED) is 0.810. The molecule has 1 N–H and O–H groups in total. The van der Waals surface area contributed by atoms with E-state index in [2.05, 4.69) is 24.1 Å². The predicted molar refractivity (Wildman–Crippen MR) is 76.5 cm³/mol. The molecule has 0 saturated heterocycles. The van der Waals surface area contributed by atoms with Crippen LogP contribution < -0.4 is 10.9 Å². The van der Waals surface area contributed by atoms with Gasteiger partial charge in [0.05, 0.1) is 0 Å². The Bertz CT molecular complexity index is 440. The number of anilines is 1. The van der Waals surface area contributed by atoms with Gasteiger partial charge in [-0.1, -0.05) is 13.8 Å². The Kier molecular flexibility index (Phi) is 5.20. The molecule has 5 heteroatoms. The van der Waals surface area contributed by atoms with Crippen LogP contribution in [0, 0.1) is 5.41 Å². The molecule has 1 heterocycles. The summed E-state index contributed by atoms with van der Waals surface area (Å²) in [6, 6.07) is 0.136.